The van der Waals surface area contributed by atoms with Crippen molar-refractivity contribution in [1.29, 1.82) is 0 Å². The van der Waals surface area contributed by atoms with Gasteiger partial charge < -0.3 is 20.2 Å². The number of aliphatic carboxylic acids is 1. The molecule has 0 bridgehead atoms. The van der Waals surface area contributed by atoms with Crippen LogP contribution in [-0.4, -0.2) is 65.5 Å². The molecule has 0 aromatic carbocycles. The molecule has 1 saturated heterocycles. The standard InChI is InChI=1S/C17H29N3O4/c1-3-19(4-2)14(21)8-6-10-18-16(24)20-11-13-7-5-9-17(13,12-20)15(22)23/h13H,3-12H2,1-2H3,(H,18,24)(H,22,23)/t13-,17+/m0/s1. The summed E-state index contributed by atoms with van der Waals surface area (Å²) in [6, 6.07) is -0.208. The van der Waals surface area contributed by atoms with E-state index in [4.69, 9.17) is 0 Å². The number of carbonyl (C=O) groups is 3. The average Bonchev–Trinajstić information content (AvgIpc) is 3.10. The molecule has 3 amide bonds. The Labute approximate surface area is 143 Å². The van der Waals surface area contributed by atoms with Crippen molar-refractivity contribution in [3.05, 3.63) is 0 Å². The van der Waals surface area contributed by atoms with E-state index in [0.717, 1.165) is 12.8 Å². The van der Waals surface area contributed by atoms with Crippen molar-refractivity contribution in [1.82, 2.24) is 15.1 Å². The fourth-order valence-electron chi connectivity index (χ4n) is 4.07. The Morgan fingerprint density at radius 2 is 2.00 bits per heavy atom. The van der Waals surface area contributed by atoms with Crippen molar-refractivity contribution in [2.24, 2.45) is 11.3 Å². The SMILES string of the molecule is CCN(CC)C(=O)CCCNC(=O)N1C[C@@H]2CCC[C@@]2(C(=O)O)C1. The van der Waals surface area contributed by atoms with Gasteiger partial charge in [-0.15, -0.1) is 0 Å². The fourth-order valence-corrected chi connectivity index (χ4v) is 4.07. The molecule has 2 rings (SSSR count). The topological polar surface area (TPSA) is 90.0 Å². The van der Waals surface area contributed by atoms with Crippen molar-refractivity contribution in [3.63, 3.8) is 0 Å². The van der Waals surface area contributed by atoms with Gasteiger partial charge >= 0.3 is 12.0 Å². The summed E-state index contributed by atoms with van der Waals surface area (Å²) < 4.78 is 0. The highest BCUT2D eigenvalue weighted by molar-refractivity contribution is 5.80. The fraction of sp³-hybridized carbons (Fsp3) is 0.824. The Morgan fingerprint density at radius 1 is 1.29 bits per heavy atom. The minimum absolute atomic E-state index is 0.0741. The van der Waals surface area contributed by atoms with Crippen LogP contribution in [0.5, 0.6) is 0 Å². The molecule has 24 heavy (non-hydrogen) atoms. The number of fused-ring (bicyclic) bond motifs is 1. The van der Waals surface area contributed by atoms with E-state index in [-0.39, 0.29) is 17.9 Å². The van der Waals surface area contributed by atoms with E-state index in [1.54, 1.807) is 9.80 Å². The van der Waals surface area contributed by atoms with Crippen molar-refractivity contribution >= 4 is 17.9 Å². The second kappa shape index (κ2) is 7.85. The van der Waals surface area contributed by atoms with Crippen LogP contribution >= 0.6 is 0 Å². The van der Waals surface area contributed by atoms with Crippen molar-refractivity contribution < 1.29 is 19.5 Å². The summed E-state index contributed by atoms with van der Waals surface area (Å²) in [7, 11) is 0. The summed E-state index contributed by atoms with van der Waals surface area (Å²) >= 11 is 0. The molecular weight excluding hydrogens is 310 g/mol. The van der Waals surface area contributed by atoms with Gasteiger partial charge in [0, 0.05) is 39.1 Å². The molecule has 0 spiro atoms. The van der Waals surface area contributed by atoms with Gasteiger partial charge in [-0.25, -0.2) is 4.79 Å². The van der Waals surface area contributed by atoms with Crippen molar-refractivity contribution in [2.45, 2.75) is 46.0 Å². The number of carbonyl (C=O) groups excluding carboxylic acids is 2. The number of urea groups is 1. The number of likely N-dealkylation sites (tertiary alicyclic amines) is 1. The van der Waals surface area contributed by atoms with Gasteiger partial charge in [0.15, 0.2) is 0 Å². The van der Waals surface area contributed by atoms with Crippen molar-refractivity contribution in [2.75, 3.05) is 32.7 Å². The number of hydrogen-bond donors (Lipinski definition) is 2. The molecule has 2 aliphatic rings. The summed E-state index contributed by atoms with van der Waals surface area (Å²) in [6.45, 7) is 6.57. The quantitative estimate of drug-likeness (QED) is 0.688. The lowest BCUT2D eigenvalue weighted by atomic mass is 9.81. The van der Waals surface area contributed by atoms with E-state index < -0.39 is 11.4 Å². The molecule has 136 valence electrons. The van der Waals surface area contributed by atoms with Crippen LogP contribution in [0.25, 0.3) is 0 Å². The third-order valence-electron chi connectivity index (χ3n) is 5.54. The molecule has 1 heterocycles. The lowest BCUT2D eigenvalue weighted by Crippen LogP contribution is -2.42. The first-order chi connectivity index (χ1) is 11.4. The molecule has 2 fully saturated rings. The highest BCUT2D eigenvalue weighted by atomic mass is 16.4. The number of rotatable bonds is 7. The summed E-state index contributed by atoms with van der Waals surface area (Å²) in [6.07, 6.45) is 3.50. The molecule has 7 heteroatoms. The van der Waals surface area contributed by atoms with Gasteiger partial charge in [0.2, 0.25) is 5.91 Å². The predicted molar refractivity (Wildman–Crippen MR) is 89.5 cm³/mol. The molecule has 1 saturated carbocycles. The van der Waals surface area contributed by atoms with E-state index in [2.05, 4.69) is 5.32 Å². The second-order valence-electron chi connectivity index (χ2n) is 6.83. The molecule has 2 atom stereocenters. The van der Waals surface area contributed by atoms with Gasteiger partial charge in [-0.1, -0.05) is 6.42 Å². The number of hydrogen-bond acceptors (Lipinski definition) is 3. The minimum atomic E-state index is -0.773. The summed E-state index contributed by atoms with van der Waals surface area (Å²) in [5.41, 5.74) is -0.740. The molecule has 0 radical (unpaired) electrons. The van der Waals surface area contributed by atoms with E-state index >= 15 is 0 Å². The van der Waals surface area contributed by atoms with E-state index in [0.29, 0.717) is 52.0 Å². The maximum absolute atomic E-state index is 12.3. The Morgan fingerprint density at radius 3 is 2.58 bits per heavy atom. The van der Waals surface area contributed by atoms with Crippen LogP contribution in [0.3, 0.4) is 0 Å². The third-order valence-corrected chi connectivity index (χ3v) is 5.54. The maximum Gasteiger partial charge on any atom is 0.317 e. The second-order valence-corrected chi connectivity index (χ2v) is 6.83. The van der Waals surface area contributed by atoms with E-state index in [1.807, 2.05) is 13.8 Å². The van der Waals surface area contributed by atoms with Crippen LogP contribution in [0.2, 0.25) is 0 Å². The Balaban J connectivity index is 1.74. The van der Waals surface area contributed by atoms with Crippen molar-refractivity contribution in [3.8, 4) is 0 Å². The first-order valence-electron chi connectivity index (χ1n) is 8.98. The molecular formula is C17H29N3O4. The number of carboxylic acids is 1. The lowest BCUT2D eigenvalue weighted by molar-refractivity contribution is -0.149. The van der Waals surface area contributed by atoms with Gasteiger partial charge in [-0.2, -0.15) is 0 Å². The molecule has 0 aromatic heterocycles. The lowest BCUT2D eigenvalue weighted by Gasteiger charge is -2.23. The highest BCUT2D eigenvalue weighted by Gasteiger charge is 2.55. The number of amides is 3. The Kier molecular flexibility index (Phi) is 6.07. The van der Waals surface area contributed by atoms with Crippen LogP contribution < -0.4 is 5.32 Å². The zero-order valence-corrected chi connectivity index (χ0v) is 14.7. The smallest absolute Gasteiger partial charge is 0.317 e. The van der Waals surface area contributed by atoms with Crippen LogP contribution in [0.4, 0.5) is 4.79 Å². The van der Waals surface area contributed by atoms with Gasteiger partial charge in [0.25, 0.3) is 0 Å². The predicted octanol–water partition coefficient (Wildman–Crippen LogP) is 1.53. The molecule has 7 nitrogen and oxygen atoms in total. The molecule has 2 N–H and O–H groups in total. The number of nitrogens with one attached hydrogen (secondary N) is 1. The van der Waals surface area contributed by atoms with Crippen LogP contribution in [0.1, 0.15) is 46.0 Å². The van der Waals surface area contributed by atoms with E-state index in [9.17, 15) is 19.5 Å². The zero-order chi connectivity index (χ0) is 17.7. The monoisotopic (exact) mass is 339 g/mol. The average molecular weight is 339 g/mol. The molecule has 0 aromatic rings. The number of carboxylic acid groups (broad SMARTS) is 1. The van der Waals surface area contributed by atoms with Gasteiger partial charge in [-0.3, -0.25) is 9.59 Å². The normalized spacial score (nSPS) is 25.4. The van der Waals surface area contributed by atoms with Gasteiger partial charge in [0.05, 0.1) is 5.41 Å². The number of nitrogens with zero attached hydrogens (tertiary/aromatic N) is 2. The van der Waals surface area contributed by atoms with Crippen LogP contribution in [-0.2, 0) is 9.59 Å². The summed E-state index contributed by atoms with van der Waals surface area (Å²) in [4.78, 5) is 39.2. The van der Waals surface area contributed by atoms with Crippen LogP contribution in [0, 0.1) is 11.3 Å². The Bertz CT molecular complexity index is 492. The van der Waals surface area contributed by atoms with Gasteiger partial charge in [0.1, 0.15) is 0 Å². The summed E-state index contributed by atoms with van der Waals surface area (Å²) in [5.74, 6) is -0.593. The zero-order valence-electron chi connectivity index (χ0n) is 14.7. The van der Waals surface area contributed by atoms with Gasteiger partial charge in [-0.05, 0) is 39.0 Å². The van der Waals surface area contributed by atoms with Crippen LogP contribution in [0.15, 0.2) is 0 Å². The minimum Gasteiger partial charge on any atom is -0.481 e. The maximum atomic E-state index is 12.3. The first-order valence-corrected chi connectivity index (χ1v) is 8.98. The largest absolute Gasteiger partial charge is 0.481 e. The first kappa shape index (κ1) is 18.5. The summed E-state index contributed by atoms with van der Waals surface area (Å²) in [5, 5.41) is 12.4. The third kappa shape index (κ3) is 3.65. The van der Waals surface area contributed by atoms with E-state index in [1.165, 1.54) is 0 Å². The molecule has 1 aliphatic carbocycles. The highest BCUT2D eigenvalue weighted by Crippen LogP contribution is 2.48. The molecule has 0 unspecified atom stereocenters. The Hall–Kier alpha value is -1.79. The molecule has 1 aliphatic heterocycles.